The van der Waals surface area contributed by atoms with Crippen LogP contribution in [0.25, 0.3) is 16.6 Å². The molecule has 2 aromatic heterocycles. The molecule has 0 spiro atoms. The molecule has 0 saturated carbocycles. The van der Waals surface area contributed by atoms with Gasteiger partial charge in [-0.25, -0.2) is 9.07 Å². The lowest BCUT2D eigenvalue weighted by molar-refractivity contribution is -0.151. The van der Waals surface area contributed by atoms with Crippen molar-refractivity contribution in [1.82, 2.24) is 14.3 Å². The SMILES string of the molecule is COc1ccc2c(Oc3ccc(NC(=O)c4c(C)n(CC(C)OC(=O)C(N)C(C)C)n(-c5ccccc5)c4=O)cc3F)ccnc2c1. The van der Waals surface area contributed by atoms with E-state index < -0.39 is 35.4 Å². The fourth-order valence-corrected chi connectivity index (χ4v) is 5.08. The normalized spacial score (nSPS) is 12.5. The van der Waals surface area contributed by atoms with Gasteiger partial charge < -0.3 is 25.3 Å². The summed E-state index contributed by atoms with van der Waals surface area (Å²) in [7, 11) is 1.55. The number of nitrogens with one attached hydrogen (secondary N) is 1. The van der Waals surface area contributed by atoms with E-state index in [2.05, 4.69) is 10.3 Å². The van der Waals surface area contributed by atoms with Crippen molar-refractivity contribution in [1.29, 1.82) is 0 Å². The lowest BCUT2D eigenvalue weighted by Crippen LogP contribution is -2.39. The Balaban J connectivity index is 1.40. The molecule has 0 radical (unpaired) electrons. The summed E-state index contributed by atoms with van der Waals surface area (Å²) < 4.78 is 34.9. The average Bonchev–Trinajstić information content (AvgIpc) is 3.29. The molecule has 0 fully saturated rings. The Kier molecular flexibility index (Phi) is 9.71. The van der Waals surface area contributed by atoms with Crippen LogP contribution in [0.15, 0.2) is 83.8 Å². The number of amides is 1. The van der Waals surface area contributed by atoms with E-state index in [0.717, 1.165) is 6.07 Å². The van der Waals surface area contributed by atoms with Gasteiger partial charge in [0.05, 0.1) is 30.6 Å². The fraction of sp³-hybridized carbons (Fsp3) is 0.257. The molecule has 47 heavy (non-hydrogen) atoms. The van der Waals surface area contributed by atoms with E-state index in [-0.39, 0.29) is 29.5 Å². The summed E-state index contributed by atoms with van der Waals surface area (Å²) in [5.74, 6) is -1.20. The number of carbonyl (C=O) groups excluding carboxylic acids is 2. The molecule has 0 aliphatic rings. The van der Waals surface area contributed by atoms with Gasteiger partial charge in [0.15, 0.2) is 11.6 Å². The number of hydrogen-bond donors (Lipinski definition) is 2. The number of hydrogen-bond acceptors (Lipinski definition) is 8. The number of fused-ring (bicyclic) bond motifs is 1. The van der Waals surface area contributed by atoms with Gasteiger partial charge in [-0.05, 0) is 62.2 Å². The van der Waals surface area contributed by atoms with Crippen LogP contribution in [0.4, 0.5) is 10.1 Å². The summed E-state index contributed by atoms with van der Waals surface area (Å²) in [6, 6.07) is 18.8. The second kappa shape index (κ2) is 13.9. The van der Waals surface area contributed by atoms with Gasteiger partial charge in [-0.1, -0.05) is 32.0 Å². The lowest BCUT2D eigenvalue weighted by Gasteiger charge is -2.21. The van der Waals surface area contributed by atoms with E-state index in [1.54, 1.807) is 86.4 Å². The topological polar surface area (TPSA) is 140 Å². The smallest absolute Gasteiger partial charge is 0.323 e. The molecule has 244 valence electrons. The number of pyridine rings is 1. The number of esters is 1. The van der Waals surface area contributed by atoms with Gasteiger partial charge >= 0.3 is 5.97 Å². The molecular weight excluding hydrogens is 605 g/mol. The molecule has 3 aromatic carbocycles. The number of aromatic nitrogens is 3. The van der Waals surface area contributed by atoms with Gasteiger partial charge in [0.2, 0.25) is 0 Å². The molecule has 1 amide bonds. The van der Waals surface area contributed by atoms with Crippen molar-refractivity contribution in [2.24, 2.45) is 11.7 Å². The van der Waals surface area contributed by atoms with Crippen LogP contribution >= 0.6 is 0 Å². The highest BCUT2D eigenvalue weighted by Gasteiger charge is 2.27. The monoisotopic (exact) mass is 641 g/mol. The Morgan fingerprint density at radius 3 is 2.43 bits per heavy atom. The van der Waals surface area contributed by atoms with Gasteiger partial charge in [0.25, 0.3) is 11.5 Å². The summed E-state index contributed by atoms with van der Waals surface area (Å²) in [6.07, 6.45) is 0.871. The third-order valence-electron chi connectivity index (χ3n) is 7.68. The number of para-hydroxylation sites is 1. The number of nitrogens with two attached hydrogens (primary N) is 1. The van der Waals surface area contributed by atoms with Gasteiger partial charge in [0, 0.05) is 29.4 Å². The molecule has 0 aliphatic heterocycles. The molecule has 0 bridgehead atoms. The molecule has 3 N–H and O–H groups in total. The second-order valence-corrected chi connectivity index (χ2v) is 11.4. The number of anilines is 1. The number of benzene rings is 3. The molecule has 2 unspecified atom stereocenters. The maximum atomic E-state index is 15.3. The Labute approximate surface area is 270 Å². The molecule has 2 heterocycles. The summed E-state index contributed by atoms with van der Waals surface area (Å²) in [6.45, 7) is 7.00. The predicted octanol–water partition coefficient (Wildman–Crippen LogP) is 5.60. The summed E-state index contributed by atoms with van der Waals surface area (Å²) >= 11 is 0. The number of carbonyl (C=O) groups is 2. The first-order valence-corrected chi connectivity index (χ1v) is 15.0. The van der Waals surface area contributed by atoms with Crippen molar-refractivity contribution in [3.05, 3.63) is 106 Å². The van der Waals surface area contributed by atoms with Crippen LogP contribution in [0, 0.1) is 18.7 Å². The largest absolute Gasteiger partial charge is 0.497 e. The number of halogens is 1. The number of nitrogens with zero attached hydrogens (tertiary/aromatic N) is 3. The van der Waals surface area contributed by atoms with Gasteiger partial charge in [-0.15, -0.1) is 0 Å². The van der Waals surface area contributed by atoms with E-state index in [1.165, 1.54) is 16.8 Å². The van der Waals surface area contributed by atoms with Crippen molar-refractivity contribution >= 4 is 28.5 Å². The van der Waals surface area contributed by atoms with Crippen LogP contribution in [-0.4, -0.2) is 45.5 Å². The van der Waals surface area contributed by atoms with E-state index in [4.69, 9.17) is 19.9 Å². The highest BCUT2D eigenvalue weighted by Crippen LogP contribution is 2.33. The molecule has 0 saturated heterocycles. The maximum Gasteiger partial charge on any atom is 0.323 e. The summed E-state index contributed by atoms with van der Waals surface area (Å²) in [5.41, 5.74) is 6.78. The highest BCUT2D eigenvalue weighted by molar-refractivity contribution is 6.05. The molecule has 5 aromatic rings. The first-order valence-electron chi connectivity index (χ1n) is 15.0. The standard InChI is InChI=1S/C35H36FN5O6/c1-20(2)32(37)35(44)46-21(3)19-40-22(4)31(34(43)41(40)24-9-7-6-8-10-24)33(42)39-23-11-14-30(27(36)17-23)47-29-15-16-38-28-18-25(45-5)12-13-26(28)29/h6-18,20-21,32H,19,37H2,1-5H3,(H,39,42). The Morgan fingerprint density at radius 2 is 1.74 bits per heavy atom. The van der Waals surface area contributed by atoms with Crippen LogP contribution in [0.1, 0.15) is 36.8 Å². The summed E-state index contributed by atoms with van der Waals surface area (Å²) in [5, 5.41) is 3.29. The third-order valence-corrected chi connectivity index (χ3v) is 7.68. The van der Waals surface area contributed by atoms with E-state index in [0.29, 0.717) is 33.8 Å². The van der Waals surface area contributed by atoms with Crippen molar-refractivity contribution in [2.75, 3.05) is 12.4 Å². The van der Waals surface area contributed by atoms with Crippen molar-refractivity contribution < 1.29 is 28.2 Å². The van der Waals surface area contributed by atoms with Crippen LogP contribution in [0.3, 0.4) is 0 Å². The second-order valence-electron chi connectivity index (χ2n) is 11.4. The van der Waals surface area contributed by atoms with Crippen molar-refractivity contribution in [3.63, 3.8) is 0 Å². The fourth-order valence-electron chi connectivity index (χ4n) is 5.08. The minimum atomic E-state index is -0.800. The minimum absolute atomic E-state index is 0.0664. The highest BCUT2D eigenvalue weighted by atomic mass is 19.1. The average molecular weight is 642 g/mol. The van der Waals surface area contributed by atoms with Crippen LogP contribution in [0.2, 0.25) is 0 Å². The zero-order valence-corrected chi connectivity index (χ0v) is 26.7. The Bertz CT molecular complexity index is 1990. The molecule has 0 aliphatic carbocycles. The Hall–Kier alpha value is -5.49. The Morgan fingerprint density at radius 1 is 1.00 bits per heavy atom. The predicted molar refractivity (Wildman–Crippen MR) is 176 cm³/mol. The van der Waals surface area contributed by atoms with Gasteiger partial charge in [0.1, 0.15) is 29.2 Å². The first-order chi connectivity index (χ1) is 22.5. The van der Waals surface area contributed by atoms with E-state index >= 15 is 4.39 Å². The molecule has 2 atom stereocenters. The van der Waals surface area contributed by atoms with Crippen LogP contribution in [-0.2, 0) is 16.1 Å². The third kappa shape index (κ3) is 7.02. The number of ether oxygens (including phenoxy) is 3. The van der Waals surface area contributed by atoms with Crippen molar-refractivity contribution in [2.45, 2.75) is 46.4 Å². The molecular formula is C35H36FN5O6. The van der Waals surface area contributed by atoms with Crippen molar-refractivity contribution in [3.8, 4) is 22.9 Å². The lowest BCUT2D eigenvalue weighted by atomic mass is 10.1. The van der Waals surface area contributed by atoms with Crippen LogP contribution < -0.4 is 26.1 Å². The quantitative estimate of drug-likeness (QED) is 0.178. The molecule has 12 heteroatoms. The molecule has 5 rings (SSSR count). The van der Waals surface area contributed by atoms with E-state index in [1.807, 2.05) is 13.8 Å². The minimum Gasteiger partial charge on any atom is -0.497 e. The van der Waals surface area contributed by atoms with Crippen LogP contribution in [0.5, 0.6) is 17.2 Å². The zero-order valence-electron chi connectivity index (χ0n) is 26.7. The van der Waals surface area contributed by atoms with Gasteiger partial charge in [-0.3, -0.25) is 24.0 Å². The number of methoxy groups -OCH3 is 1. The van der Waals surface area contributed by atoms with E-state index in [9.17, 15) is 14.4 Å². The first kappa shape index (κ1) is 32.9. The maximum absolute atomic E-state index is 15.3. The summed E-state index contributed by atoms with van der Waals surface area (Å²) in [4.78, 5) is 44.1. The molecule has 11 nitrogen and oxygen atoms in total. The van der Waals surface area contributed by atoms with Gasteiger partial charge in [-0.2, -0.15) is 0 Å². The zero-order chi connectivity index (χ0) is 33.8. The number of rotatable bonds is 11.